The molecule has 0 saturated heterocycles. The Morgan fingerprint density at radius 3 is 3.00 bits per heavy atom. The lowest BCUT2D eigenvalue weighted by Crippen LogP contribution is -1.90. The van der Waals surface area contributed by atoms with Crippen molar-refractivity contribution >= 4 is 10.9 Å². The molecule has 0 unspecified atom stereocenters. The summed E-state index contributed by atoms with van der Waals surface area (Å²) in [5.74, 6) is 0. The number of aryl methyl sites for hydroxylation is 1. The molecule has 0 radical (unpaired) electrons. The Labute approximate surface area is 98.1 Å². The van der Waals surface area contributed by atoms with Crippen LogP contribution in [0, 0.1) is 11.3 Å². The van der Waals surface area contributed by atoms with Gasteiger partial charge in [-0.25, -0.2) is 4.98 Å². The molecule has 2 aromatic heterocycles. The lowest BCUT2D eigenvalue weighted by atomic mass is 10.1. The van der Waals surface area contributed by atoms with Crippen LogP contribution >= 0.6 is 0 Å². The van der Waals surface area contributed by atoms with Gasteiger partial charge >= 0.3 is 0 Å². The highest BCUT2D eigenvalue weighted by Gasteiger charge is 2.14. The third kappa shape index (κ3) is 1.33. The molecule has 3 rings (SSSR count). The zero-order chi connectivity index (χ0) is 11.8. The highest BCUT2D eigenvalue weighted by molar-refractivity contribution is 5.95. The minimum atomic E-state index is 0.456. The summed E-state index contributed by atoms with van der Waals surface area (Å²) in [6, 6.07) is 10.1. The molecule has 0 aliphatic rings. The maximum atomic E-state index is 9.07. The summed E-state index contributed by atoms with van der Waals surface area (Å²) < 4.78 is 1.87. The van der Waals surface area contributed by atoms with E-state index in [2.05, 4.69) is 16.0 Å². The predicted molar refractivity (Wildman–Crippen MR) is 65.2 cm³/mol. The van der Waals surface area contributed by atoms with Gasteiger partial charge in [0.15, 0.2) is 5.69 Å². The summed E-state index contributed by atoms with van der Waals surface area (Å²) in [6.45, 7) is 0. The van der Waals surface area contributed by atoms with Gasteiger partial charge in [0.1, 0.15) is 6.07 Å². The van der Waals surface area contributed by atoms with Gasteiger partial charge in [0, 0.05) is 29.7 Å². The Hall–Kier alpha value is -2.54. The fraction of sp³-hybridized carbons (Fsp3) is 0.0769. The van der Waals surface area contributed by atoms with Crippen LogP contribution in [-0.4, -0.2) is 14.5 Å². The molecule has 4 nitrogen and oxygen atoms in total. The maximum Gasteiger partial charge on any atom is 0.166 e. The predicted octanol–water partition coefficient (Wildman–Crippen LogP) is 2.44. The van der Waals surface area contributed by atoms with Crippen molar-refractivity contribution in [1.29, 1.82) is 5.26 Å². The van der Waals surface area contributed by atoms with Crippen molar-refractivity contribution in [2.45, 2.75) is 0 Å². The molecule has 0 spiro atoms. The van der Waals surface area contributed by atoms with Gasteiger partial charge in [0.2, 0.25) is 0 Å². The maximum absolute atomic E-state index is 9.07. The van der Waals surface area contributed by atoms with Crippen LogP contribution in [0.3, 0.4) is 0 Å². The topological polar surface area (TPSA) is 57.4 Å². The number of fused-ring (bicyclic) bond motifs is 1. The number of aromatic amines is 1. The Kier molecular flexibility index (Phi) is 1.99. The molecular weight excluding hydrogens is 212 g/mol. The Balaban J connectivity index is 2.35. The molecular formula is C13H10N4. The van der Waals surface area contributed by atoms with Crippen molar-refractivity contribution in [2.75, 3.05) is 0 Å². The Bertz CT molecular complexity index is 727. The number of nitrogens with zero attached hydrogens (tertiary/aromatic N) is 3. The van der Waals surface area contributed by atoms with E-state index in [0.717, 1.165) is 22.2 Å². The molecule has 0 aliphatic heterocycles. The second-order valence-electron chi connectivity index (χ2n) is 3.91. The third-order valence-corrected chi connectivity index (χ3v) is 2.89. The van der Waals surface area contributed by atoms with E-state index in [9.17, 15) is 0 Å². The summed E-state index contributed by atoms with van der Waals surface area (Å²) in [4.78, 5) is 7.29. The van der Waals surface area contributed by atoms with Crippen molar-refractivity contribution in [2.24, 2.45) is 7.05 Å². The van der Waals surface area contributed by atoms with Crippen molar-refractivity contribution in [3.05, 3.63) is 42.5 Å². The van der Waals surface area contributed by atoms with Gasteiger partial charge in [-0.15, -0.1) is 0 Å². The van der Waals surface area contributed by atoms with Crippen molar-refractivity contribution < 1.29 is 0 Å². The number of nitriles is 1. The van der Waals surface area contributed by atoms with E-state index >= 15 is 0 Å². The van der Waals surface area contributed by atoms with Crippen molar-refractivity contribution in [3.63, 3.8) is 0 Å². The van der Waals surface area contributed by atoms with Gasteiger partial charge in [0.05, 0.1) is 12.0 Å². The quantitative estimate of drug-likeness (QED) is 0.687. The van der Waals surface area contributed by atoms with Crippen LogP contribution < -0.4 is 0 Å². The number of rotatable bonds is 1. The smallest absolute Gasteiger partial charge is 0.166 e. The minimum absolute atomic E-state index is 0.456. The summed E-state index contributed by atoms with van der Waals surface area (Å²) >= 11 is 0. The molecule has 1 N–H and O–H groups in total. The molecule has 0 aliphatic carbocycles. The highest BCUT2D eigenvalue weighted by atomic mass is 15.0. The number of nitrogens with one attached hydrogen (secondary N) is 1. The van der Waals surface area contributed by atoms with Gasteiger partial charge in [-0.3, -0.25) is 0 Å². The highest BCUT2D eigenvalue weighted by Crippen LogP contribution is 2.29. The molecule has 2 heterocycles. The third-order valence-electron chi connectivity index (χ3n) is 2.89. The lowest BCUT2D eigenvalue weighted by molar-refractivity contribution is 0.922. The molecule has 0 amide bonds. The van der Waals surface area contributed by atoms with Gasteiger partial charge < -0.3 is 9.55 Å². The SMILES string of the molecule is Cn1cnc(C#N)c1-c1c[nH]c2ccccc12. The van der Waals surface area contributed by atoms with Crippen molar-refractivity contribution in [1.82, 2.24) is 14.5 Å². The van der Waals surface area contributed by atoms with E-state index in [1.165, 1.54) is 0 Å². The molecule has 0 atom stereocenters. The van der Waals surface area contributed by atoms with Crippen LogP contribution in [0.1, 0.15) is 5.69 Å². The fourth-order valence-electron chi connectivity index (χ4n) is 2.10. The summed E-state index contributed by atoms with van der Waals surface area (Å²) in [6.07, 6.45) is 3.58. The molecule has 1 aromatic carbocycles. The van der Waals surface area contributed by atoms with E-state index in [0.29, 0.717) is 5.69 Å². The first kappa shape index (κ1) is 9.67. The van der Waals surface area contributed by atoms with Crippen molar-refractivity contribution in [3.8, 4) is 17.3 Å². The molecule has 0 saturated carbocycles. The van der Waals surface area contributed by atoms with Gasteiger partial charge in [0.25, 0.3) is 0 Å². The number of benzene rings is 1. The fourth-order valence-corrected chi connectivity index (χ4v) is 2.10. The van der Waals surface area contributed by atoms with E-state index in [1.807, 2.05) is 42.1 Å². The van der Waals surface area contributed by atoms with Gasteiger partial charge in [-0.05, 0) is 6.07 Å². The normalized spacial score (nSPS) is 10.6. The first-order chi connectivity index (χ1) is 8.31. The van der Waals surface area contributed by atoms with E-state index in [4.69, 9.17) is 5.26 Å². The van der Waals surface area contributed by atoms with E-state index in [1.54, 1.807) is 6.33 Å². The largest absolute Gasteiger partial charge is 0.360 e. The summed E-state index contributed by atoms with van der Waals surface area (Å²) in [5.41, 5.74) is 3.38. The minimum Gasteiger partial charge on any atom is -0.360 e. The van der Waals surface area contributed by atoms with E-state index < -0.39 is 0 Å². The second-order valence-corrected chi connectivity index (χ2v) is 3.91. The van der Waals surface area contributed by atoms with Crippen LogP contribution in [0.2, 0.25) is 0 Å². The number of hydrogen-bond acceptors (Lipinski definition) is 2. The zero-order valence-electron chi connectivity index (χ0n) is 9.31. The first-order valence-corrected chi connectivity index (χ1v) is 5.29. The number of aromatic nitrogens is 3. The first-order valence-electron chi connectivity index (χ1n) is 5.29. The Morgan fingerprint density at radius 2 is 2.18 bits per heavy atom. The average molecular weight is 222 g/mol. The van der Waals surface area contributed by atoms with Crippen LogP contribution in [0.5, 0.6) is 0 Å². The monoisotopic (exact) mass is 222 g/mol. The second kappa shape index (κ2) is 3.49. The molecule has 17 heavy (non-hydrogen) atoms. The summed E-state index contributed by atoms with van der Waals surface area (Å²) in [7, 11) is 1.89. The molecule has 82 valence electrons. The van der Waals surface area contributed by atoms with Crippen LogP contribution in [0.4, 0.5) is 0 Å². The lowest BCUT2D eigenvalue weighted by Gasteiger charge is -2.00. The molecule has 0 bridgehead atoms. The molecule has 4 heteroatoms. The number of hydrogen-bond donors (Lipinski definition) is 1. The number of H-pyrrole nitrogens is 1. The van der Waals surface area contributed by atoms with Gasteiger partial charge in [-0.2, -0.15) is 5.26 Å². The van der Waals surface area contributed by atoms with Gasteiger partial charge in [-0.1, -0.05) is 18.2 Å². The molecule has 0 fully saturated rings. The average Bonchev–Trinajstić information content (AvgIpc) is 2.92. The summed E-state index contributed by atoms with van der Waals surface area (Å²) in [5, 5.41) is 10.2. The van der Waals surface area contributed by atoms with Crippen LogP contribution in [-0.2, 0) is 7.05 Å². The van der Waals surface area contributed by atoms with E-state index in [-0.39, 0.29) is 0 Å². The number of para-hydroxylation sites is 1. The standard InChI is InChI=1S/C13H10N4/c1-17-8-16-12(6-14)13(17)10-7-15-11-5-3-2-4-9(10)11/h2-5,7-8,15H,1H3. The zero-order valence-corrected chi connectivity index (χ0v) is 9.31. The number of imidazole rings is 1. The molecule has 3 aromatic rings. The van der Waals surface area contributed by atoms with Crippen LogP contribution in [0.25, 0.3) is 22.2 Å². The Morgan fingerprint density at radius 1 is 1.35 bits per heavy atom. The van der Waals surface area contributed by atoms with Crippen LogP contribution in [0.15, 0.2) is 36.8 Å².